The van der Waals surface area contributed by atoms with E-state index in [2.05, 4.69) is 15.2 Å². The molecule has 0 unspecified atom stereocenters. The van der Waals surface area contributed by atoms with E-state index in [0.29, 0.717) is 16.7 Å². The van der Waals surface area contributed by atoms with Crippen LogP contribution in [0.5, 0.6) is 11.5 Å². The fourth-order valence-electron chi connectivity index (χ4n) is 2.28. The number of rotatable bonds is 3. The molecule has 0 radical (unpaired) electrons. The van der Waals surface area contributed by atoms with Gasteiger partial charge in [-0.15, -0.1) is 10.2 Å². The summed E-state index contributed by atoms with van der Waals surface area (Å²) in [5.41, 5.74) is 1.62. The molecule has 0 saturated heterocycles. The number of hydrogen-bond acceptors (Lipinski definition) is 5. The monoisotopic (exact) mass is 323 g/mol. The molecule has 0 saturated carbocycles. The van der Waals surface area contributed by atoms with E-state index in [1.807, 2.05) is 48.5 Å². The Labute approximate surface area is 136 Å². The molecule has 0 atom stereocenters. The van der Waals surface area contributed by atoms with E-state index in [9.17, 15) is 0 Å². The summed E-state index contributed by atoms with van der Waals surface area (Å²) in [5, 5.41) is 9.08. The number of nitrogens with zero attached hydrogens (tertiary/aromatic N) is 3. The number of pyridine rings is 1. The van der Waals surface area contributed by atoms with Gasteiger partial charge in [0.2, 0.25) is 12.3 Å². The average Bonchev–Trinajstić information content (AvgIpc) is 3.10. The fourth-order valence-corrected chi connectivity index (χ4v) is 2.44. The maximum absolute atomic E-state index is 6.00. The fraction of sp³-hybridized carbons (Fsp3) is 0. The molecule has 5 nitrogen and oxygen atoms in total. The molecule has 6 heteroatoms. The molecule has 2 aromatic heterocycles. The number of benzene rings is 2. The van der Waals surface area contributed by atoms with Crippen LogP contribution in [-0.4, -0.2) is 15.2 Å². The Bertz CT molecular complexity index is 953. The first kappa shape index (κ1) is 13.7. The highest BCUT2D eigenvalue weighted by atomic mass is 35.5. The van der Waals surface area contributed by atoms with Crippen LogP contribution in [0.2, 0.25) is 5.02 Å². The minimum absolute atomic E-state index is 0.473. The van der Waals surface area contributed by atoms with Gasteiger partial charge in [-0.05, 0) is 48.5 Å². The Morgan fingerprint density at radius 1 is 1.00 bits per heavy atom. The van der Waals surface area contributed by atoms with Crippen molar-refractivity contribution < 1.29 is 9.15 Å². The van der Waals surface area contributed by atoms with E-state index in [0.717, 1.165) is 22.2 Å². The van der Waals surface area contributed by atoms with Crippen molar-refractivity contribution >= 4 is 22.5 Å². The highest BCUT2D eigenvalue weighted by Crippen LogP contribution is 2.31. The van der Waals surface area contributed by atoms with Gasteiger partial charge in [0.1, 0.15) is 11.5 Å². The van der Waals surface area contributed by atoms with Crippen molar-refractivity contribution in [3.8, 4) is 23.0 Å². The van der Waals surface area contributed by atoms with Crippen LogP contribution in [0.1, 0.15) is 0 Å². The van der Waals surface area contributed by atoms with Crippen molar-refractivity contribution in [3.05, 3.63) is 66.1 Å². The Balaban J connectivity index is 1.66. The van der Waals surface area contributed by atoms with Gasteiger partial charge in [-0.3, -0.25) is 4.98 Å². The van der Waals surface area contributed by atoms with Crippen molar-refractivity contribution in [2.45, 2.75) is 0 Å². The van der Waals surface area contributed by atoms with Crippen LogP contribution >= 0.6 is 11.6 Å². The summed E-state index contributed by atoms with van der Waals surface area (Å²) >= 11 is 6.00. The lowest BCUT2D eigenvalue weighted by atomic mass is 10.2. The highest BCUT2D eigenvalue weighted by Gasteiger charge is 2.07. The van der Waals surface area contributed by atoms with Gasteiger partial charge in [0.25, 0.3) is 0 Å². The Morgan fingerprint density at radius 3 is 2.65 bits per heavy atom. The molecule has 0 aliphatic carbocycles. The van der Waals surface area contributed by atoms with E-state index in [1.165, 1.54) is 6.39 Å². The molecule has 0 N–H and O–H groups in total. The third kappa shape index (κ3) is 2.74. The van der Waals surface area contributed by atoms with Gasteiger partial charge >= 0.3 is 0 Å². The van der Waals surface area contributed by atoms with Crippen LogP contribution in [0.25, 0.3) is 22.4 Å². The maximum Gasteiger partial charge on any atom is 0.247 e. The molecular formula is C17H10ClN3O2. The third-order valence-electron chi connectivity index (χ3n) is 3.35. The van der Waals surface area contributed by atoms with Gasteiger partial charge in [0, 0.05) is 22.2 Å². The molecule has 0 aliphatic rings. The van der Waals surface area contributed by atoms with Crippen molar-refractivity contribution in [1.82, 2.24) is 15.2 Å². The molecule has 2 aromatic carbocycles. The van der Waals surface area contributed by atoms with Crippen LogP contribution in [-0.2, 0) is 0 Å². The van der Waals surface area contributed by atoms with Crippen molar-refractivity contribution in [3.63, 3.8) is 0 Å². The third-order valence-corrected chi connectivity index (χ3v) is 3.59. The Hall–Kier alpha value is -2.92. The average molecular weight is 324 g/mol. The topological polar surface area (TPSA) is 61.0 Å². The molecular weight excluding hydrogens is 314 g/mol. The van der Waals surface area contributed by atoms with Crippen molar-refractivity contribution in [2.75, 3.05) is 0 Å². The van der Waals surface area contributed by atoms with E-state index >= 15 is 0 Å². The molecule has 4 rings (SSSR count). The molecule has 0 amide bonds. The lowest BCUT2D eigenvalue weighted by Gasteiger charge is -2.09. The first-order valence-corrected chi connectivity index (χ1v) is 7.26. The van der Waals surface area contributed by atoms with E-state index in [4.69, 9.17) is 20.8 Å². The molecule has 0 bridgehead atoms. The second-order valence-corrected chi connectivity index (χ2v) is 5.28. The lowest BCUT2D eigenvalue weighted by molar-refractivity contribution is 0.488. The summed E-state index contributed by atoms with van der Waals surface area (Å²) in [6.07, 6.45) is 2.99. The van der Waals surface area contributed by atoms with Gasteiger partial charge in [0.15, 0.2) is 0 Å². The van der Waals surface area contributed by atoms with Gasteiger partial charge in [-0.1, -0.05) is 11.6 Å². The van der Waals surface area contributed by atoms with E-state index in [1.54, 1.807) is 6.20 Å². The SMILES string of the molecule is Clc1ccc2c(Oc3ccc(-c4nnco4)cc3)ccnc2c1. The summed E-state index contributed by atoms with van der Waals surface area (Å²) in [6.45, 7) is 0. The number of ether oxygens (including phenoxy) is 1. The molecule has 4 aromatic rings. The molecule has 23 heavy (non-hydrogen) atoms. The van der Waals surface area contributed by atoms with Crippen LogP contribution in [0.3, 0.4) is 0 Å². The number of hydrogen-bond donors (Lipinski definition) is 0. The molecule has 0 spiro atoms. The predicted octanol–water partition coefficient (Wildman–Crippen LogP) is 4.73. The summed E-state index contributed by atoms with van der Waals surface area (Å²) in [7, 11) is 0. The number of fused-ring (bicyclic) bond motifs is 1. The zero-order chi connectivity index (χ0) is 15.6. The highest BCUT2D eigenvalue weighted by molar-refractivity contribution is 6.31. The molecule has 112 valence electrons. The van der Waals surface area contributed by atoms with Gasteiger partial charge in [0.05, 0.1) is 5.52 Å². The van der Waals surface area contributed by atoms with Gasteiger partial charge < -0.3 is 9.15 Å². The second-order valence-electron chi connectivity index (χ2n) is 4.84. The normalized spacial score (nSPS) is 10.8. The van der Waals surface area contributed by atoms with Crippen LogP contribution < -0.4 is 4.74 Å². The minimum atomic E-state index is 0.473. The van der Waals surface area contributed by atoms with Crippen molar-refractivity contribution in [2.24, 2.45) is 0 Å². The number of halogens is 1. The standard InChI is InChI=1S/C17H10ClN3O2/c18-12-3-6-14-15(9-12)19-8-7-16(14)23-13-4-1-11(2-5-13)17-21-20-10-22-17/h1-10H. The zero-order valence-corrected chi connectivity index (χ0v) is 12.6. The smallest absolute Gasteiger partial charge is 0.247 e. The quantitative estimate of drug-likeness (QED) is 0.545. The minimum Gasteiger partial charge on any atom is -0.457 e. The molecule has 2 heterocycles. The van der Waals surface area contributed by atoms with Gasteiger partial charge in [-0.2, -0.15) is 0 Å². The first-order chi connectivity index (χ1) is 11.3. The largest absolute Gasteiger partial charge is 0.457 e. The summed E-state index contributed by atoms with van der Waals surface area (Å²) in [5.74, 6) is 1.90. The summed E-state index contributed by atoms with van der Waals surface area (Å²) < 4.78 is 11.1. The molecule has 0 aliphatic heterocycles. The van der Waals surface area contributed by atoms with Crippen molar-refractivity contribution in [1.29, 1.82) is 0 Å². The van der Waals surface area contributed by atoms with E-state index < -0.39 is 0 Å². The Morgan fingerprint density at radius 2 is 1.87 bits per heavy atom. The summed E-state index contributed by atoms with van der Waals surface area (Å²) in [4.78, 5) is 4.30. The van der Waals surface area contributed by atoms with Crippen LogP contribution in [0.15, 0.2) is 65.5 Å². The van der Waals surface area contributed by atoms with Gasteiger partial charge in [-0.25, -0.2) is 0 Å². The zero-order valence-electron chi connectivity index (χ0n) is 11.8. The second kappa shape index (κ2) is 5.70. The van der Waals surface area contributed by atoms with E-state index in [-0.39, 0.29) is 0 Å². The molecule has 0 fully saturated rings. The maximum atomic E-state index is 6.00. The lowest BCUT2D eigenvalue weighted by Crippen LogP contribution is -1.88. The van der Waals surface area contributed by atoms with Crippen LogP contribution in [0.4, 0.5) is 0 Å². The number of aromatic nitrogens is 3. The summed E-state index contributed by atoms with van der Waals surface area (Å²) in [6, 6.07) is 14.8. The Kier molecular flexibility index (Phi) is 3.40. The predicted molar refractivity (Wildman–Crippen MR) is 86.6 cm³/mol. The van der Waals surface area contributed by atoms with Crippen LogP contribution in [0, 0.1) is 0 Å². The first-order valence-electron chi connectivity index (χ1n) is 6.88.